The summed E-state index contributed by atoms with van der Waals surface area (Å²) in [5, 5.41) is 10.7. The van der Waals surface area contributed by atoms with Crippen LogP contribution in [0.15, 0.2) is 108 Å². The molecule has 4 heteroatoms. The first-order chi connectivity index (χ1) is 18.2. The van der Waals surface area contributed by atoms with Gasteiger partial charge in [-0.05, 0) is 73.5 Å². The van der Waals surface area contributed by atoms with Gasteiger partial charge in [-0.1, -0.05) is 63.1 Å². The predicted octanol–water partition coefficient (Wildman–Crippen LogP) is 9.02. The third-order valence-electron chi connectivity index (χ3n) is 6.43. The van der Waals surface area contributed by atoms with Gasteiger partial charge in [-0.15, -0.1) is 0 Å². The van der Waals surface area contributed by atoms with Gasteiger partial charge in [0.15, 0.2) is 0 Å². The van der Waals surface area contributed by atoms with E-state index in [4.69, 9.17) is 0 Å². The molecule has 1 N–H and O–H groups in total. The molecule has 4 aromatic rings. The molecule has 0 heterocycles. The van der Waals surface area contributed by atoms with Crippen molar-refractivity contribution in [3.63, 3.8) is 0 Å². The zero-order valence-electron chi connectivity index (χ0n) is 21.9. The van der Waals surface area contributed by atoms with Gasteiger partial charge in [-0.2, -0.15) is 0 Å². The van der Waals surface area contributed by atoms with Crippen LogP contribution in [0.5, 0.6) is 5.75 Å². The third-order valence-corrected chi connectivity index (χ3v) is 6.43. The summed E-state index contributed by atoms with van der Waals surface area (Å²) in [6.07, 6.45) is 6.35. The van der Waals surface area contributed by atoms with Crippen LogP contribution in [0.1, 0.15) is 45.1 Å². The van der Waals surface area contributed by atoms with Gasteiger partial charge in [0.2, 0.25) is 0 Å². The molecule has 4 rings (SSSR count). The van der Waals surface area contributed by atoms with Gasteiger partial charge >= 0.3 is 0 Å². The van der Waals surface area contributed by atoms with Crippen molar-refractivity contribution in [1.82, 2.24) is 0 Å². The Morgan fingerprint density at radius 1 is 0.649 bits per heavy atom. The van der Waals surface area contributed by atoms with Crippen molar-refractivity contribution >= 4 is 34.7 Å². The Balaban J connectivity index is 1.52. The van der Waals surface area contributed by atoms with Crippen LogP contribution in [0.4, 0.5) is 28.4 Å². The molecule has 0 unspecified atom stereocenters. The zero-order chi connectivity index (χ0) is 25.9. The molecule has 0 fully saturated rings. The number of hydrogen-bond acceptors (Lipinski definition) is 4. The second-order valence-electron chi connectivity index (χ2n) is 9.22. The number of phenols is 1. The Kier molecular flexibility index (Phi) is 9.36. The SMILES string of the molecule is CCCCN(CCCC)c1ccc(/C=N/c2ccc(N(c3ccccc3)c3ccccc3)cc2)c(O)c1. The first-order valence-electron chi connectivity index (χ1n) is 13.3. The predicted molar refractivity (Wildman–Crippen MR) is 159 cm³/mol. The number of phenolic OH excluding ortho intramolecular Hbond substituents is 1. The summed E-state index contributed by atoms with van der Waals surface area (Å²) in [6, 6.07) is 34.8. The van der Waals surface area contributed by atoms with E-state index in [1.807, 2.05) is 36.4 Å². The zero-order valence-corrected chi connectivity index (χ0v) is 21.9. The van der Waals surface area contributed by atoms with E-state index in [2.05, 4.69) is 95.4 Å². The standard InChI is InChI=1S/C33H37N3O/c1-3-5-23-35(24-6-4-2)32-20-17-27(33(37)25-32)26-34-28-18-21-31(22-19-28)36(29-13-9-7-10-14-29)30-15-11-8-12-16-30/h7-22,25-26,37H,3-6,23-24H2,1-2H3/b34-26+. The molecule has 0 spiro atoms. The van der Waals surface area contributed by atoms with Crippen LogP contribution in [-0.2, 0) is 0 Å². The lowest BCUT2D eigenvalue weighted by molar-refractivity contribution is 0.474. The molecule has 4 nitrogen and oxygen atoms in total. The van der Waals surface area contributed by atoms with Crippen LogP contribution in [0.25, 0.3) is 0 Å². The van der Waals surface area contributed by atoms with Gasteiger partial charge in [0.1, 0.15) is 5.75 Å². The highest BCUT2D eigenvalue weighted by molar-refractivity contribution is 5.86. The fraction of sp³-hybridized carbons (Fsp3) is 0.242. The molecule has 4 aromatic carbocycles. The van der Waals surface area contributed by atoms with E-state index < -0.39 is 0 Å². The van der Waals surface area contributed by atoms with Gasteiger partial charge in [0, 0.05) is 53.7 Å². The van der Waals surface area contributed by atoms with E-state index in [0.717, 1.165) is 67.2 Å². The van der Waals surface area contributed by atoms with Gasteiger partial charge in [-0.3, -0.25) is 4.99 Å². The molecular formula is C33H37N3O. The maximum atomic E-state index is 10.7. The lowest BCUT2D eigenvalue weighted by Crippen LogP contribution is -2.25. The van der Waals surface area contributed by atoms with E-state index in [1.165, 1.54) is 0 Å². The van der Waals surface area contributed by atoms with Crippen molar-refractivity contribution in [1.29, 1.82) is 0 Å². The van der Waals surface area contributed by atoms with E-state index in [0.29, 0.717) is 5.56 Å². The Morgan fingerprint density at radius 2 is 1.16 bits per heavy atom. The average Bonchev–Trinajstić information content (AvgIpc) is 2.94. The van der Waals surface area contributed by atoms with Crippen molar-refractivity contribution in [2.24, 2.45) is 4.99 Å². The van der Waals surface area contributed by atoms with Crippen molar-refractivity contribution in [3.8, 4) is 5.75 Å². The Hall–Kier alpha value is -4.05. The molecule has 0 aliphatic rings. The van der Waals surface area contributed by atoms with Gasteiger partial charge < -0.3 is 14.9 Å². The van der Waals surface area contributed by atoms with Crippen molar-refractivity contribution in [2.75, 3.05) is 22.9 Å². The second-order valence-corrected chi connectivity index (χ2v) is 9.22. The fourth-order valence-corrected chi connectivity index (χ4v) is 4.34. The van der Waals surface area contributed by atoms with Gasteiger partial charge in [0.25, 0.3) is 0 Å². The normalized spacial score (nSPS) is 11.1. The van der Waals surface area contributed by atoms with Crippen LogP contribution in [0, 0.1) is 0 Å². The highest BCUT2D eigenvalue weighted by Gasteiger charge is 2.12. The number of rotatable bonds is 12. The molecule has 0 aliphatic heterocycles. The molecule has 0 saturated heterocycles. The number of aliphatic imine (C=N–C) groups is 1. The monoisotopic (exact) mass is 491 g/mol. The number of unbranched alkanes of at least 4 members (excludes halogenated alkanes) is 2. The van der Waals surface area contributed by atoms with Crippen molar-refractivity contribution < 1.29 is 5.11 Å². The lowest BCUT2D eigenvalue weighted by Gasteiger charge is -2.25. The van der Waals surface area contributed by atoms with Crippen LogP contribution in [0.2, 0.25) is 0 Å². The summed E-state index contributed by atoms with van der Waals surface area (Å²) in [7, 11) is 0. The molecule has 0 atom stereocenters. The number of aromatic hydroxyl groups is 1. The minimum atomic E-state index is 0.259. The largest absolute Gasteiger partial charge is 0.507 e. The Labute approximate surface area is 221 Å². The molecular weight excluding hydrogens is 454 g/mol. The molecule has 0 bridgehead atoms. The highest BCUT2D eigenvalue weighted by Crippen LogP contribution is 2.35. The summed E-state index contributed by atoms with van der Waals surface area (Å²) in [5.41, 5.74) is 5.88. The number of para-hydroxylation sites is 2. The van der Waals surface area contributed by atoms with E-state index >= 15 is 0 Å². The summed E-state index contributed by atoms with van der Waals surface area (Å²) in [6.45, 7) is 6.45. The molecule has 0 saturated carbocycles. The molecule has 190 valence electrons. The summed E-state index contributed by atoms with van der Waals surface area (Å²) < 4.78 is 0. The third kappa shape index (κ3) is 7.01. The topological polar surface area (TPSA) is 39.1 Å². The molecule has 0 radical (unpaired) electrons. The maximum absolute atomic E-state index is 10.7. The van der Waals surface area contributed by atoms with E-state index in [9.17, 15) is 5.11 Å². The fourth-order valence-electron chi connectivity index (χ4n) is 4.34. The summed E-state index contributed by atoms with van der Waals surface area (Å²) in [5.74, 6) is 0.259. The quantitative estimate of drug-likeness (QED) is 0.201. The lowest BCUT2D eigenvalue weighted by atomic mass is 10.1. The summed E-state index contributed by atoms with van der Waals surface area (Å²) in [4.78, 5) is 9.24. The number of nitrogens with zero attached hydrogens (tertiary/aromatic N) is 3. The second kappa shape index (κ2) is 13.3. The maximum Gasteiger partial charge on any atom is 0.126 e. The number of anilines is 4. The van der Waals surface area contributed by atoms with Crippen LogP contribution in [0.3, 0.4) is 0 Å². The van der Waals surface area contributed by atoms with Crippen LogP contribution in [-0.4, -0.2) is 24.4 Å². The minimum Gasteiger partial charge on any atom is -0.507 e. The molecule has 37 heavy (non-hydrogen) atoms. The minimum absolute atomic E-state index is 0.259. The molecule has 0 amide bonds. The smallest absolute Gasteiger partial charge is 0.126 e. The number of benzene rings is 4. The Bertz CT molecular complexity index is 1210. The summed E-state index contributed by atoms with van der Waals surface area (Å²) >= 11 is 0. The molecule has 0 aliphatic carbocycles. The average molecular weight is 492 g/mol. The van der Waals surface area contributed by atoms with Gasteiger partial charge in [-0.25, -0.2) is 0 Å². The van der Waals surface area contributed by atoms with Crippen LogP contribution < -0.4 is 9.80 Å². The van der Waals surface area contributed by atoms with Crippen molar-refractivity contribution in [2.45, 2.75) is 39.5 Å². The molecule has 0 aromatic heterocycles. The Morgan fingerprint density at radius 3 is 1.68 bits per heavy atom. The van der Waals surface area contributed by atoms with Crippen LogP contribution >= 0.6 is 0 Å². The van der Waals surface area contributed by atoms with Crippen molar-refractivity contribution in [3.05, 3.63) is 109 Å². The van der Waals surface area contributed by atoms with E-state index in [-0.39, 0.29) is 5.75 Å². The number of hydrogen-bond donors (Lipinski definition) is 1. The van der Waals surface area contributed by atoms with E-state index in [1.54, 1.807) is 6.21 Å². The highest BCUT2D eigenvalue weighted by atomic mass is 16.3. The first kappa shape index (κ1) is 26.0. The van der Waals surface area contributed by atoms with Gasteiger partial charge in [0.05, 0.1) is 5.69 Å². The first-order valence-corrected chi connectivity index (χ1v) is 13.3.